The molecule has 1 heterocycles. The molecular weight excluding hydrogens is 276 g/mol. The van der Waals surface area contributed by atoms with E-state index in [0.29, 0.717) is 19.1 Å². The van der Waals surface area contributed by atoms with E-state index in [1.807, 2.05) is 0 Å². The van der Waals surface area contributed by atoms with Gasteiger partial charge in [-0.3, -0.25) is 4.90 Å². The van der Waals surface area contributed by atoms with Crippen molar-refractivity contribution in [3.05, 3.63) is 0 Å². The minimum Gasteiger partial charge on any atom is -0.314 e. The quantitative estimate of drug-likeness (QED) is 0.565. The molecule has 0 spiro atoms. The molecule has 0 aromatic heterocycles. The van der Waals surface area contributed by atoms with Crippen LogP contribution in [0.25, 0.3) is 0 Å². The first-order valence-electron chi connectivity index (χ1n) is 7.51. The van der Waals surface area contributed by atoms with Gasteiger partial charge in [0.1, 0.15) is 0 Å². The number of piperazine rings is 1. The molecule has 0 aromatic carbocycles. The highest BCUT2D eigenvalue weighted by Gasteiger charge is 2.15. The lowest BCUT2D eigenvalue weighted by Gasteiger charge is -2.26. The molecule has 120 valence electrons. The van der Waals surface area contributed by atoms with Gasteiger partial charge in [0, 0.05) is 45.3 Å². The maximum absolute atomic E-state index is 11.9. The molecule has 0 radical (unpaired) electrons. The Kier molecular flexibility index (Phi) is 7.98. The van der Waals surface area contributed by atoms with Gasteiger partial charge in [0.15, 0.2) is 0 Å². The fourth-order valence-corrected chi connectivity index (χ4v) is 3.17. The zero-order valence-corrected chi connectivity index (χ0v) is 13.9. The summed E-state index contributed by atoms with van der Waals surface area (Å²) in [6.07, 6.45) is 0.849. The lowest BCUT2D eigenvalue weighted by Crippen LogP contribution is -2.46. The summed E-state index contributed by atoms with van der Waals surface area (Å²) in [6, 6.07) is 0.499. The van der Waals surface area contributed by atoms with Gasteiger partial charge in [-0.1, -0.05) is 0 Å². The summed E-state index contributed by atoms with van der Waals surface area (Å²) in [6.45, 7) is 10.1. The predicted molar refractivity (Wildman–Crippen MR) is 83.5 cm³/mol. The van der Waals surface area contributed by atoms with E-state index >= 15 is 0 Å². The maximum atomic E-state index is 11.9. The summed E-state index contributed by atoms with van der Waals surface area (Å²) in [7, 11) is -1.07. The average molecular weight is 306 g/mol. The molecule has 0 unspecified atom stereocenters. The van der Waals surface area contributed by atoms with Crippen molar-refractivity contribution in [3.63, 3.8) is 0 Å². The second kappa shape index (κ2) is 8.94. The van der Waals surface area contributed by atoms with Crippen molar-refractivity contribution in [2.75, 3.05) is 58.6 Å². The van der Waals surface area contributed by atoms with Crippen molar-refractivity contribution in [2.45, 2.75) is 26.3 Å². The van der Waals surface area contributed by atoms with Crippen LogP contribution in [0.5, 0.6) is 0 Å². The van der Waals surface area contributed by atoms with Crippen molar-refractivity contribution < 1.29 is 8.42 Å². The Labute approximate surface area is 123 Å². The van der Waals surface area contributed by atoms with Gasteiger partial charge >= 0.3 is 0 Å². The van der Waals surface area contributed by atoms with E-state index in [0.717, 1.165) is 39.1 Å². The summed E-state index contributed by atoms with van der Waals surface area (Å²) >= 11 is 0. The predicted octanol–water partition coefficient (Wildman–Crippen LogP) is -0.459. The molecule has 1 aliphatic heterocycles. The number of rotatable bonds is 9. The van der Waals surface area contributed by atoms with Gasteiger partial charge in [0.05, 0.1) is 5.75 Å². The number of sulfonamides is 1. The molecule has 0 aliphatic carbocycles. The third-order valence-electron chi connectivity index (χ3n) is 3.78. The Morgan fingerprint density at radius 1 is 1.30 bits per heavy atom. The lowest BCUT2D eigenvalue weighted by atomic mass is 10.3. The Morgan fingerprint density at radius 3 is 2.55 bits per heavy atom. The van der Waals surface area contributed by atoms with E-state index in [1.54, 1.807) is 0 Å². The van der Waals surface area contributed by atoms with Crippen LogP contribution < -0.4 is 10.0 Å². The zero-order chi connectivity index (χ0) is 15.0. The van der Waals surface area contributed by atoms with Gasteiger partial charge in [-0.2, -0.15) is 0 Å². The highest BCUT2D eigenvalue weighted by Crippen LogP contribution is 1.96. The molecule has 0 amide bonds. The third-order valence-corrected chi connectivity index (χ3v) is 5.14. The van der Waals surface area contributed by atoms with E-state index < -0.39 is 10.0 Å². The molecule has 2 N–H and O–H groups in total. The highest BCUT2D eigenvalue weighted by molar-refractivity contribution is 7.89. The van der Waals surface area contributed by atoms with E-state index in [9.17, 15) is 8.42 Å². The van der Waals surface area contributed by atoms with Crippen LogP contribution >= 0.6 is 0 Å². The molecule has 1 saturated heterocycles. The number of nitrogens with zero attached hydrogens (tertiary/aromatic N) is 2. The molecule has 1 rings (SSSR count). The van der Waals surface area contributed by atoms with E-state index in [-0.39, 0.29) is 5.75 Å². The minimum atomic E-state index is -3.13. The normalized spacial score (nSPS) is 18.1. The van der Waals surface area contributed by atoms with Crippen molar-refractivity contribution in [1.82, 2.24) is 19.8 Å². The van der Waals surface area contributed by atoms with Gasteiger partial charge in [-0.25, -0.2) is 13.1 Å². The van der Waals surface area contributed by atoms with Crippen molar-refractivity contribution in [1.29, 1.82) is 0 Å². The highest BCUT2D eigenvalue weighted by atomic mass is 32.2. The van der Waals surface area contributed by atoms with Gasteiger partial charge in [0.2, 0.25) is 10.0 Å². The summed E-state index contributed by atoms with van der Waals surface area (Å²) in [5.74, 6) is 0.201. The van der Waals surface area contributed by atoms with Gasteiger partial charge in [-0.15, -0.1) is 0 Å². The first kappa shape index (κ1) is 17.8. The summed E-state index contributed by atoms with van der Waals surface area (Å²) in [4.78, 5) is 4.41. The minimum absolute atomic E-state index is 0.201. The molecule has 0 aromatic rings. The number of nitrogens with one attached hydrogen (secondary N) is 2. The molecular formula is C13H30N4O2S. The summed E-state index contributed by atoms with van der Waals surface area (Å²) in [5, 5.41) is 3.26. The Balaban J connectivity index is 2.14. The van der Waals surface area contributed by atoms with Gasteiger partial charge in [-0.05, 0) is 33.9 Å². The van der Waals surface area contributed by atoms with E-state index in [1.165, 1.54) is 0 Å². The van der Waals surface area contributed by atoms with Crippen LogP contribution in [-0.2, 0) is 10.0 Å². The van der Waals surface area contributed by atoms with Crippen LogP contribution in [0.15, 0.2) is 0 Å². The molecule has 0 atom stereocenters. The lowest BCUT2D eigenvalue weighted by molar-refractivity contribution is 0.253. The second-order valence-electron chi connectivity index (χ2n) is 5.73. The maximum Gasteiger partial charge on any atom is 0.212 e. The number of hydrogen-bond acceptors (Lipinski definition) is 5. The van der Waals surface area contributed by atoms with E-state index in [4.69, 9.17) is 0 Å². The molecule has 0 bridgehead atoms. The fourth-order valence-electron chi connectivity index (χ4n) is 2.07. The van der Waals surface area contributed by atoms with Crippen LogP contribution in [0, 0.1) is 0 Å². The topological polar surface area (TPSA) is 64.7 Å². The van der Waals surface area contributed by atoms with Crippen molar-refractivity contribution in [3.8, 4) is 0 Å². The third kappa shape index (κ3) is 7.54. The standard InChI is InChI=1S/C13H30N4O2S/c1-13(2)16(3)8-4-5-15-20(18,19)12-11-17-9-6-14-7-10-17/h13-15H,4-12H2,1-3H3. The molecule has 1 aliphatic rings. The first-order valence-corrected chi connectivity index (χ1v) is 9.16. The Morgan fingerprint density at radius 2 is 1.95 bits per heavy atom. The SMILES string of the molecule is CC(C)N(C)CCCNS(=O)(=O)CCN1CCNCC1. The second-order valence-corrected chi connectivity index (χ2v) is 7.66. The summed E-state index contributed by atoms with van der Waals surface area (Å²) in [5.41, 5.74) is 0. The van der Waals surface area contributed by atoms with Crippen LogP contribution in [-0.4, -0.2) is 82.9 Å². The largest absolute Gasteiger partial charge is 0.314 e. The fraction of sp³-hybridized carbons (Fsp3) is 1.00. The van der Waals surface area contributed by atoms with Gasteiger partial charge < -0.3 is 10.2 Å². The number of hydrogen-bond donors (Lipinski definition) is 2. The van der Waals surface area contributed by atoms with Gasteiger partial charge in [0.25, 0.3) is 0 Å². The molecule has 1 fully saturated rings. The van der Waals surface area contributed by atoms with E-state index in [2.05, 4.69) is 40.7 Å². The van der Waals surface area contributed by atoms with Crippen molar-refractivity contribution >= 4 is 10.0 Å². The molecule has 6 nitrogen and oxygen atoms in total. The molecule has 0 saturated carbocycles. The monoisotopic (exact) mass is 306 g/mol. The molecule has 7 heteroatoms. The Bertz CT molecular complexity index is 353. The van der Waals surface area contributed by atoms with Crippen LogP contribution in [0.4, 0.5) is 0 Å². The van der Waals surface area contributed by atoms with Crippen molar-refractivity contribution in [2.24, 2.45) is 0 Å². The smallest absolute Gasteiger partial charge is 0.212 e. The summed E-state index contributed by atoms with van der Waals surface area (Å²) < 4.78 is 26.5. The first-order chi connectivity index (χ1) is 9.41. The zero-order valence-electron chi connectivity index (χ0n) is 13.1. The van der Waals surface area contributed by atoms with Crippen LogP contribution in [0.3, 0.4) is 0 Å². The van der Waals surface area contributed by atoms with Crippen LogP contribution in [0.2, 0.25) is 0 Å². The molecule has 20 heavy (non-hydrogen) atoms. The Hall–Kier alpha value is -0.210. The average Bonchev–Trinajstić information content (AvgIpc) is 2.42. The van der Waals surface area contributed by atoms with Crippen LogP contribution in [0.1, 0.15) is 20.3 Å².